The summed E-state index contributed by atoms with van der Waals surface area (Å²) in [6.07, 6.45) is 58.1. The summed E-state index contributed by atoms with van der Waals surface area (Å²) >= 11 is 0. The van der Waals surface area contributed by atoms with Gasteiger partial charge in [0.1, 0.15) is 13.2 Å². The first-order valence-corrected chi connectivity index (χ1v) is 30.3. The summed E-state index contributed by atoms with van der Waals surface area (Å²) in [6.45, 7) is 11.5. The highest BCUT2D eigenvalue weighted by Crippen LogP contribution is 2.19. The van der Waals surface area contributed by atoms with Crippen LogP contribution in [-0.4, -0.2) is 37.2 Å². The number of esters is 3. The van der Waals surface area contributed by atoms with Gasteiger partial charge < -0.3 is 14.2 Å². The second kappa shape index (κ2) is 53.8. The van der Waals surface area contributed by atoms with Crippen LogP contribution in [0.4, 0.5) is 0 Å². The van der Waals surface area contributed by atoms with E-state index in [1.54, 1.807) is 0 Å². The van der Waals surface area contributed by atoms with Crippen molar-refractivity contribution >= 4 is 17.9 Å². The molecule has 0 spiro atoms. The molecular weight excluding hydrogens is 829 g/mol. The highest BCUT2D eigenvalue weighted by atomic mass is 16.6. The Balaban J connectivity index is 4.24. The van der Waals surface area contributed by atoms with E-state index in [9.17, 15) is 14.4 Å². The van der Waals surface area contributed by atoms with Gasteiger partial charge in [0.05, 0.1) is 0 Å². The molecular formula is C61H118O6. The molecule has 0 saturated heterocycles. The lowest BCUT2D eigenvalue weighted by Gasteiger charge is -2.18. The molecule has 0 rings (SSSR count). The molecule has 0 heterocycles. The summed E-state index contributed by atoms with van der Waals surface area (Å²) < 4.78 is 16.9. The van der Waals surface area contributed by atoms with Crippen molar-refractivity contribution < 1.29 is 28.6 Å². The van der Waals surface area contributed by atoms with Gasteiger partial charge >= 0.3 is 17.9 Å². The third-order valence-electron chi connectivity index (χ3n) is 14.3. The molecule has 0 aliphatic rings. The third kappa shape index (κ3) is 53.6. The SMILES string of the molecule is CCCCCCCCCCCCCCC(=O)OC[C@@H](COC(=O)CCCCCCCCCCCCCCC(C)C)OC(=O)CCCCCCCCCCCCCCCCCCCCC(C)CC. The number of hydrogen-bond acceptors (Lipinski definition) is 6. The van der Waals surface area contributed by atoms with Crippen LogP contribution >= 0.6 is 0 Å². The van der Waals surface area contributed by atoms with Crippen molar-refractivity contribution in [3.05, 3.63) is 0 Å². The van der Waals surface area contributed by atoms with Gasteiger partial charge in [-0.25, -0.2) is 0 Å². The molecule has 0 aromatic rings. The van der Waals surface area contributed by atoms with Crippen molar-refractivity contribution in [2.45, 2.75) is 349 Å². The van der Waals surface area contributed by atoms with Crippen molar-refractivity contribution in [3.8, 4) is 0 Å². The van der Waals surface area contributed by atoms with Gasteiger partial charge in [-0.15, -0.1) is 0 Å². The number of unbranched alkanes of at least 4 members (excludes halogenated alkanes) is 39. The maximum atomic E-state index is 12.9. The summed E-state index contributed by atoms with van der Waals surface area (Å²) in [5, 5.41) is 0. The van der Waals surface area contributed by atoms with Crippen molar-refractivity contribution in [2.24, 2.45) is 11.8 Å². The Labute approximate surface area is 418 Å². The maximum absolute atomic E-state index is 12.9. The van der Waals surface area contributed by atoms with Crippen LogP contribution < -0.4 is 0 Å². The molecule has 0 radical (unpaired) electrons. The first-order chi connectivity index (χ1) is 32.8. The fourth-order valence-corrected chi connectivity index (χ4v) is 9.37. The van der Waals surface area contributed by atoms with Gasteiger partial charge in [0.25, 0.3) is 0 Å². The van der Waals surface area contributed by atoms with E-state index in [4.69, 9.17) is 14.2 Å². The van der Waals surface area contributed by atoms with E-state index >= 15 is 0 Å². The lowest BCUT2D eigenvalue weighted by molar-refractivity contribution is -0.167. The van der Waals surface area contributed by atoms with Crippen molar-refractivity contribution in [2.75, 3.05) is 13.2 Å². The molecule has 0 aromatic carbocycles. The van der Waals surface area contributed by atoms with Gasteiger partial charge in [-0.05, 0) is 31.1 Å². The molecule has 0 N–H and O–H groups in total. The molecule has 398 valence electrons. The van der Waals surface area contributed by atoms with Gasteiger partial charge in [-0.1, -0.05) is 304 Å². The molecule has 0 aliphatic heterocycles. The molecule has 0 amide bonds. The molecule has 6 heteroatoms. The standard InChI is InChI=1S/C61H118O6/c1-6-8-9-10-11-12-13-26-31-36-41-46-51-59(62)65-54-58(55-66-60(63)52-47-42-37-32-27-23-22-24-29-34-39-44-49-56(3)4)67-61(64)53-48-43-38-33-28-21-19-17-15-14-16-18-20-25-30-35-40-45-50-57(5)7-2/h56-58H,6-55H2,1-5H3/t57?,58-/m0/s1. The quantitative estimate of drug-likeness (QED) is 0.0343. The van der Waals surface area contributed by atoms with Crippen LogP contribution in [0.2, 0.25) is 0 Å². The highest BCUT2D eigenvalue weighted by molar-refractivity contribution is 5.71. The molecule has 6 nitrogen and oxygen atoms in total. The number of carbonyl (C=O) groups is 3. The predicted molar refractivity (Wildman–Crippen MR) is 289 cm³/mol. The number of carbonyl (C=O) groups excluding carboxylic acids is 3. The van der Waals surface area contributed by atoms with Crippen molar-refractivity contribution in [3.63, 3.8) is 0 Å². The van der Waals surface area contributed by atoms with Crippen molar-refractivity contribution in [1.29, 1.82) is 0 Å². The van der Waals surface area contributed by atoms with Gasteiger partial charge in [0.15, 0.2) is 6.10 Å². The van der Waals surface area contributed by atoms with E-state index in [1.807, 2.05) is 0 Å². The zero-order valence-corrected chi connectivity index (χ0v) is 46.0. The van der Waals surface area contributed by atoms with Crippen LogP contribution in [0.1, 0.15) is 343 Å². The molecule has 2 atom stereocenters. The summed E-state index contributed by atoms with van der Waals surface area (Å²) in [4.78, 5) is 38.2. The monoisotopic (exact) mass is 947 g/mol. The second-order valence-electron chi connectivity index (χ2n) is 21.7. The van der Waals surface area contributed by atoms with E-state index in [0.29, 0.717) is 19.3 Å². The maximum Gasteiger partial charge on any atom is 0.306 e. The Kier molecular flexibility index (Phi) is 52.5. The van der Waals surface area contributed by atoms with Crippen LogP contribution in [-0.2, 0) is 28.6 Å². The van der Waals surface area contributed by atoms with E-state index in [-0.39, 0.29) is 31.1 Å². The molecule has 0 saturated carbocycles. The fourth-order valence-electron chi connectivity index (χ4n) is 9.37. The van der Waals surface area contributed by atoms with Gasteiger partial charge in [0.2, 0.25) is 0 Å². The Morgan fingerprint density at radius 1 is 0.313 bits per heavy atom. The number of rotatable bonds is 55. The second-order valence-corrected chi connectivity index (χ2v) is 21.7. The first kappa shape index (κ1) is 65.4. The Morgan fingerprint density at radius 3 is 0.851 bits per heavy atom. The largest absolute Gasteiger partial charge is 0.462 e. The minimum Gasteiger partial charge on any atom is -0.462 e. The van der Waals surface area contributed by atoms with Gasteiger partial charge in [-0.2, -0.15) is 0 Å². The summed E-state index contributed by atoms with van der Waals surface area (Å²) in [5.41, 5.74) is 0. The average molecular weight is 948 g/mol. The Hall–Kier alpha value is -1.59. The zero-order valence-electron chi connectivity index (χ0n) is 46.0. The first-order valence-electron chi connectivity index (χ1n) is 30.3. The third-order valence-corrected chi connectivity index (χ3v) is 14.3. The number of hydrogen-bond donors (Lipinski definition) is 0. The highest BCUT2D eigenvalue weighted by Gasteiger charge is 2.19. The topological polar surface area (TPSA) is 78.9 Å². The van der Waals surface area contributed by atoms with E-state index in [1.165, 1.54) is 231 Å². The predicted octanol–water partition coefficient (Wildman–Crippen LogP) is 20.0. The lowest BCUT2D eigenvalue weighted by Crippen LogP contribution is -2.30. The molecule has 0 fully saturated rings. The summed E-state index contributed by atoms with van der Waals surface area (Å²) in [7, 11) is 0. The van der Waals surface area contributed by atoms with Crippen LogP contribution in [0, 0.1) is 11.8 Å². The van der Waals surface area contributed by atoms with Gasteiger partial charge in [-0.3, -0.25) is 14.4 Å². The molecule has 0 aromatic heterocycles. The minimum absolute atomic E-state index is 0.0624. The van der Waals surface area contributed by atoms with Crippen molar-refractivity contribution in [1.82, 2.24) is 0 Å². The Morgan fingerprint density at radius 2 is 0.567 bits per heavy atom. The fraction of sp³-hybridized carbons (Fsp3) is 0.951. The summed E-state index contributed by atoms with van der Waals surface area (Å²) in [6, 6.07) is 0. The zero-order chi connectivity index (χ0) is 48.9. The van der Waals surface area contributed by atoms with E-state index < -0.39 is 6.10 Å². The van der Waals surface area contributed by atoms with E-state index in [0.717, 1.165) is 69.6 Å². The minimum atomic E-state index is -0.763. The van der Waals surface area contributed by atoms with Crippen LogP contribution in [0.5, 0.6) is 0 Å². The van der Waals surface area contributed by atoms with Crippen LogP contribution in [0.25, 0.3) is 0 Å². The Bertz CT molecular complexity index is 1030. The van der Waals surface area contributed by atoms with Crippen LogP contribution in [0.3, 0.4) is 0 Å². The number of ether oxygens (including phenoxy) is 3. The lowest BCUT2D eigenvalue weighted by atomic mass is 9.99. The molecule has 0 bridgehead atoms. The van der Waals surface area contributed by atoms with E-state index in [2.05, 4.69) is 34.6 Å². The van der Waals surface area contributed by atoms with Crippen LogP contribution in [0.15, 0.2) is 0 Å². The van der Waals surface area contributed by atoms with Gasteiger partial charge in [0, 0.05) is 19.3 Å². The summed E-state index contributed by atoms with van der Waals surface area (Å²) in [5.74, 6) is 0.906. The normalized spacial score (nSPS) is 12.4. The molecule has 0 aliphatic carbocycles. The smallest absolute Gasteiger partial charge is 0.306 e. The molecule has 67 heavy (non-hydrogen) atoms. The average Bonchev–Trinajstić information content (AvgIpc) is 3.31. The molecule has 1 unspecified atom stereocenters.